The molecule has 0 aliphatic heterocycles. The van der Waals surface area contributed by atoms with Crippen molar-refractivity contribution in [2.75, 3.05) is 27.9 Å². The summed E-state index contributed by atoms with van der Waals surface area (Å²) in [5.74, 6) is 0.00850. The van der Waals surface area contributed by atoms with E-state index in [1.54, 1.807) is 71.0 Å². The molecule has 450 valence electrons. The van der Waals surface area contributed by atoms with E-state index in [4.69, 9.17) is 42.6 Å². The van der Waals surface area contributed by atoms with E-state index in [0.29, 0.717) is 69.0 Å². The van der Waals surface area contributed by atoms with E-state index in [1.807, 2.05) is 48.5 Å². The van der Waals surface area contributed by atoms with E-state index in [0.717, 1.165) is 94.2 Å². The predicted octanol–water partition coefficient (Wildman–Crippen LogP) is 14.5. The number of rotatable bonds is 19. The van der Waals surface area contributed by atoms with Crippen molar-refractivity contribution in [1.29, 1.82) is 0 Å². The molecule has 0 aromatic heterocycles. The second kappa shape index (κ2) is 29.2. The summed E-state index contributed by atoms with van der Waals surface area (Å²) < 4.78 is 48.4. The van der Waals surface area contributed by atoms with E-state index >= 15 is 0 Å². The predicted molar refractivity (Wildman–Crippen MR) is 333 cm³/mol. The standard InChI is InChI=1S/C25H26O5.C24H24O5.C23H22O5/c1-15(2)24(26)29-14-20-7-6-19-12-17(8-10-21(19)20)18-9-11-22(28-5)23(13-18)30-25(27)16(3)4;1-14(2)23(25)28-20-10-8-18-12-16(6-9-19(18)20)17-7-11-21(27-5)22(13-17)29-24(26)15(3)4;1-5-22(24)27-19-10-8-17-12-15(6-9-18(17)19)16-7-11-20(26-4)21(13-16)28-23(25)14(2)3/h8-13,20H,1,3,6-7,14H2,2,4-5H3;6-7,9,11-13,20H,1,3,8,10H2,2,4-5H3;5-7,9,11-13,19H,1-2,8,10H2,3-4H3. The summed E-state index contributed by atoms with van der Waals surface area (Å²) in [5, 5.41) is 0. The molecule has 0 amide bonds. The van der Waals surface area contributed by atoms with Crippen molar-refractivity contribution in [1.82, 2.24) is 0 Å². The van der Waals surface area contributed by atoms with Crippen LogP contribution in [-0.4, -0.2) is 63.8 Å². The molecule has 9 rings (SSSR count). The molecule has 87 heavy (non-hydrogen) atoms. The van der Waals surface area contributed by atoms with Gasteiger partial charge >= 0.3 is 35.8 Å². The normalized spacial score (nSPS) is 14.6. The number of benzene rings is 6. The highest BCUT2D eigenvalue weighted by atomic mass is 16.6. The SMILES string of the molecule is C=C(C)C(=O)OCC1CCc2cc(-c3ccc(OC)c(OC(=O)C(=C)C)c3)ccc21.C=C(C)C(=O)Oc1cc(-c2ccc3c(c2)CCC3OC(=O)C(=C)C)ccc1OC.C=CC(=O)OC1CCc2cc(-c3ccc(OC)c(OC(=O)C(=C)C)c3)ccc21. The van der Waals surface area contributed by atoms with Crippen LogP contribution in [0, 0.1) is 0 Å². The lowest BCUT2D eigenvalue weighted by molar-refractivity contribution is -0.145. The summed E-state index contributed by atoms with van der Waals surface area (Å²) in [4.78, 5) is 70.8. The molecule has 3 unspecified atom stereocenters. The molecule has 0 fully saturated rings. The number of fused-ring (bicyclic) bond motifs is 3. The van der Waals surface area contributed by atoms with Gasteiger partial charge in [-0.15, -0.1) is 0 Å². The molecule has 0 radical (unpaired) electrons. The van der Waals surface area contributed by atoms with Crippen molar-refractivity contribution in [3.63, 3.8) is 0 Å². The van der Waals surface area contributed by atoms with Crippen LogP contribution >= 0.6 is 0 Å². The number of carbonyl (C=O) groups is 6. The Labute approximate surface area is 508 Å². The number of hydrogen-bond donors (Lipinski definition) is 0. The van der Waals surface area contributed by atoms with Gasteiger partial charge in [-0.05, 0) is 176 Å². The van der Waals surface area contributed by atoms with Crippen LogP contribution in [0.3, 0.4) is 0 Å². The van der Waals surface area contributed by atoms with Gasteiger partial charge in [-0.2, -0.15) is 0 Å². The van der Waals surface area contributed by atoms with E-state index in [1.165, 1.54) is 38.5 Å². The lowest BCUT2D eigenvalue weighted by Crippen LogP contribution is -2.11. The third-order valence-electron chi connectivity index (χ3n) is 14.6. The Morgan fingerprint density at radius 3 is 1.08 bits per heavy atom. The summed E-state index contributed by atoms with van der Waals surface area (Å²) in [7, 11) is 4.57. The van der Waals surface area contributed by atoms with Crippen LogP contribution in [0.4, 0.5) is 0 Å². The number of esters is 6. The highest BCUT2D eigenvalue weighted by Gasteiger charge is 2.29. The van der Waals surface area contributed by atoms with Crippen LogP contribution in [0.2, 0.25) is 0 Å². The molecular formula is C72H72O15. The Kier molecular flexibility index (Phi) is 21.7. The van der Waals surface area contributed by atoms with Gasteiger partial charge in [-0.3, -0.25) is 0 Å². The zero-order valence-electron chi connectivity index (χ0n) is 50.5. The van der Waals surface area contributed by atoms with Gasteiger partial charge in [-0.25, -0.2) is 28.8 Å². The van der Waals surface area contributed by atoms with Crippen LogP contribution in [0.15, 0.2) is 183 Å². The van der Waals surface area contributed by atoms with Gasteiger partial charge in [0.15, 0.2) is 34.5 Å². The van der Waals surface area contributed by atoms with Gasteiger partial charge in [0.2, 0.25) is 0 Å². The highest BCUT2D eigenvalue weighted by molar-refractivity contribution is 5.91. The average Bonchev–Trinajstić information content (AvgIpc) is 2.19. The zero-order chi connectivity index (χ0) is 63.2. The fourth-order valence-electron chi connectivity index (χ4n) is 9.91. The van der Waals surface area contributed by atoms with Crippen molar-refractivity contribution in [2.45, 2.75) is 91.3 Å². The zero-order valence-corrected chi connectivity index (χ0v) is 50.5. The molecule has 3 aliphatic carbocycles. The molecule has 15 nitrogen and oxygen atoms in total. The molecule has 6 aromatic carbocycles. The number of ether oxygens (including phenoxy) is 9. The Hall–Kier alpha value is -10.0. The minimum Gasteiger partial charge on any atom is -0.493 e. The Morgan fingerprint density at radius 2 is 0.724 bits per heavy atom. The first-order valence-electron chi connectivity index (χ1n) is 28.1. The van der Waals surface area contributed by atoms with E-state index < -0.39 is 23.9 Å². The third kappa shape index (κ3) is 16.2. The molecule has 3 atom stereocenters. The Bertz CT molecular complexity index is 3750. The summed E-state index contributed by atoms with van der Waals surface area (Å²) in [6.07, 6.45) is 5.71. The average molecular weight is 1180 g/mol. The monoisotopic (exact) mass is 1180 g/mol. The molecule has 0 bridgehead atoms. The lowest BCUT2D eigenvalue weighted by atomic mass is 9.97. The molecule has 0 saturated heterocycles. The number of hydrogen-bond acceptors (Lipinski definition) is 15. The Morgan fingerprint density at radius 1 is 0.402 bits per heavy atom. The molecule has 0 saturated carbocycles. The van der Waals surface area contributed by atoms with Crippen molar-refractivity contribution < 1.29 is 71.4 Å². The second-order valence-corrected chi connectivity index (χ2v) is 21.3. The van der Waals surface area contributed by atoms with Crippen molar-refractivity contribution in [3.05, 3.63) is 216 Å². The van der Waals surface area contributed by atoms with Crippen LogP contribution in [0.1, 0.15) is 105 Å². The first-order chi connectivity index (χ1) is 41.5. The van der Waals surface area contributed by atoms with E-state index in [-0.39, 0.29) is 30.1 Å². The minimum absolute atomic E-state index is 0.195. The first-order valence-corrected chi connectivity index (χ1v) is 28.1. The summed E-state index contributed by atoms with van der Waals surface area (Å²) in [5.41, 5.74) is 14.2. The molecule has 0 N–H and O–H groups in total. The first kappa shape index (κ1) is 64.5. The van der Waals surface area contributed by atoms with E-state index in [9.17, 15) is 28.8 Å². The van der Waals surface area contributed by atoms with Crippen molar-refractivity contribution in [2.24, 2.45) is 0 Å². The smallest absolute Gasteiger partial charge is 0.338 e. The van der Waals surface area contributed by atoms with Crippen LogP contribution in [-0.2, 0) is 62.2 Å². The summed E-state index contributed by atoms with van der Waals surface area (Å²) in [6.45, 7) is 30.0. The quantitative estimate of drug-likeness (QED) is 0.0322. The maximum absolute atomic E-state index is 12.0. The fourth-order valence-corrected chi connectivity index (χ4v) is 9.91. The largest absolute Gasteiger partial charge is 0.493 e. The number of methoxy groups -OCH3 is 3. The van der Waals surface area contributed by atoms with Crippen LogP contribution < -0.4 is 28.4 Å². The molecular weight excluding hydrogens is 1100 g/mol. The molecule has 0 heterocycles. The van der Waals surface area contributed by atoms with Crippen LogP contribution in [0.5, 0.6) is 34.5 Å². The highest BCUT2D eigenvalue weighted by Crippen LogP contribution is 2.42. The maximum Gasteiger partial charge on any atom is 0.338 e. The molecule has 3 aliphatic rings. The number of carbonyl (C=O) groups excluding carboxylic acids is 6. The van der Waals surface area contributed by atoms with Gasteiger partial charge < -0.3 is 42.6 Å². The van der Waals surface area contributed by atoms with Gasteiger partial charge in [-0.1, -0.05) is 112 Å². The topological polar surface area (TPSA) is 185 Å². The lowest BCUT2D eigenvalue weighted by Gasteiger charge is -2.14. The number of aryl methyl sites for hydroxylation is 3. The Balaban J connectivity index is 0.000000187. The minimum atomic E-state index is -0.503. The van der Waals surface area contributed by atoms with Gasteiger partial charge in [0.05, 0.1) is 27.9 Å². The molecule has 0 spiro atoms. The van der Waals surface area contributed by atoms with Gasteiger partial charge in [0.25, 0.3) is 0 Å². The van der Waals surface area contributed by atoms with Gasteiger partial charge in [0, 0.05) is 39.9 Å². The van der Waals surface area contributed by atoms with Crippen molar-refractivity contribution >= 4 is 35.8 Å². The fraction of sp³-hybridized carbons (Fsp3) is 0.250. The maximum atomic E-state index is 12.0. The molecule has 15 heteroatoms. The third-order valence-corrected chi connectivity index (χ3v) is 14.6. The summed E-state index contributed by atoms with van der Waals surface area (Å²) >= 11 is 0. The second-order valence-electron chi connectivity index (χ2n) is 21.3. The van der Waals surface area contributed by atoms with E-state index in [2.05, 4.69) is 63.7 Å². The summed E-state index contributed by atoms with van der Waals surface area (Å²) in [6, 6.07) is 34.7. The van der Waals surface area contributed by atoms with Crippen LogP contribution in [0.25, 0.3) is 33.4 Å². The molecule has 6 aromatic rings. The van der Waals surface area contributed by atoms with Gasteiger partial charge in [0.1, 0.15) is 12.2 Å². The van der Waals surface area contributed by atoms with Crippen molar-refractivity contribution in [3.8, 4) is 67.9 Å².